The minimum absolute atomic E-state index is 0.0124. The lowest BCUT2D eigenvalue weighted by atomic mass is 10.0. The zero-order valence-electron chi connectivity index (χ0n) is 13.3. The summed E-state index contributed by atoms with van der Waals surface area (Å²) in [4.78, 5) is 12.0. The third-order valence-electron chi connectivity index (χ3n) is 3.51. The first kappa shape index (κ1) is 16.0. The molecule has 0 spiro atoms. The minimum Gasteiger partial charge on any atom is -0.324 e. The van der Waals surface area contributed by atoms with E-state index in [1.165, 1.54) is 5.56 Å². The van der Waals surface area contributed by atoms with Crippen molar-refractivity contribution in [1.82, 2.24) is 0 Å². The van der Waals surface area contributed by atoms with Gasteiger partial charge in [0, 0.05) is 17.4 Å². The summed E-state index contributed by atoms with van der Waals surface area (Å²) in [6.07, 6.45) is 0. The Kier molecular flexibility index (Phi) is 5.17. The first-order valence-corrected chi connectivity index (χ1v) is 7.49. The summed E-state index contributed by atoms with van der Waals surface area (Å²) >= 11 is 0. The second-order valence-electron chi connectivity index (χ2n) is 5.77. The van der Waals surface area contributed by atoms with Crippen molar-refractivity contribution >= 4 is 17.4 Å². The van der Waals surface area contributed by atoms with Crippen molar-refractivity contribution in [3.05, 3.63) is 59.7 Å². The van der Waals surface area contributed by atoms with Crippen LogP contribution in [0.3, 0.4) is 0 Å². The quantitative estimate of drug-likeness (QED) is 0.779. The molecule has 2 aromatic rings. The van der Waals surface area contributed by atoms with Gasteiger partial charge in [-0.25, -0.2) is 4.79 Å². The van der Waals surface area contributed by atoms with Crippen LogP contribution in [0, 0.1) is 0 Å². The van der Waals surface area contributed by atoms with E-state index in [1.54, 1.807) is 0 Å². The molecule has 0 radical (unpaired) electrons. The van der Waals surface area contributed by atoms with Gasteiger partial charge in [0.1, 0.15) is 0 Å². The summed E-state index contributed by atoms with van der Waals surface area (Å²) in [6.45, 7) is 6.18. The van der Waals surface area contributed by atoms with Gasteiger partial charge in [0.15, 0.2) is 0 Å². The maximum Gasteiger partial charge on any atom is 0.323 e. The van der Waals surface area contributed by atoms with Gasteiger partial charge in [-0.05, 0) is 48.2 Å². The highest BCUT2D eigenvalue weighted by Gasteiger charge is 2.05. The van der Waals surface area contributed by atoms with Crippen LogP contribution in [0.15, 0.2) is 48.5 Å². The number of hydrogen-bond donors (Lipinski definition) is 3. The van der Waals surface area contributed by atoms with Crippen molar-refractivity contribution < 1.29 is 4.79 Å². The number of nitrogens with one attached hydrogen (secondary N) is 2. The Morgan fingerprint density at radius 1 is 0.909 bits per heavy atom. The standard InChI is InChI=1S/C18H23N3O/c1-12(2)15-5-4-6-17(11-15)21-18(22)20-16-9-7-14(8-10-16)13(3)19/h4-13H,19H2,1-3H3,(H2,20,21,22). The zero-order chi connectivity index (χ0) is 16.1. The summed E-state index contributed by atoms with van der Waals surface area (Å²) < 4.78 is 0. The molecular weight excluding hydrogens is 274 g/mol. The second kappa shape index (κ2) is 7.09. The molecule has 0 aliphatic heterocycles. The normalized spacial score (nSPS) is 12.0. The number of anilines is 2. The van der Waals surface area contributed by atoms with E-state index in [4.69, 9.17) is 5.73 Å². The Balaban J connectivity index is 1.99. The highest BCUT2D eigenvalue weighted by molar-refractivity contribution is 5.99. The summed E-state index contributed by atoms with van der Waals surface area (Å²) in [6, 6.07) is 15.1. The molecule has 4 nitrogen and oxygen atoms in total. The van der Waals surface area contributed by atoms with Crippen LogP contribution >= 0.6 is 0 Å². The monoisotopic (exact) mass is 297 g/mol. The largest absolute Gasteiger partial charge is 0.324 e. The van der Waals surface area contributed by atoms with E-state index in [9.17, 15) is 4.79 Å². The van der Waals surface area contributed by atoms with E-state index in [2.05, 4.69) is 30.5 Å². The Morgan fingerprint density at radius 2 is 1.55 bits per heavy atom. The first-order valence-electron chi connectivity index (χ1n) is 7.49. The molecule has 0 saturated heterocycles. The molecule has 0 aromatic heterocycles. The third-order valence-corrected chi connectivity index (χ3v) is 3.51. The lowest BCUT2D eigenvalue weighted by Crippen LogP contribution is -2.19. The van der Waals surface area contributed by atoms with Crippen molar-refractivity contribution in [1.29, 1.82) is 0 Å². The molecule has 116 valence electrons. The highest BCUT2D eigenvalue weighted by atomic mass is 16.2. The number of amides is 2. The smallest absolute Gasteiger partial charge is 0.323 e. The highest BCUT2D eigenvalue weighted by Crippen LogP contribution is 2.19. The third kappa shape index (κ3) is 4.33. The molecule has 0 saturated carbocycles. The lowest BCUT2D eigenvalue weighted by Gasteiger charge is -2.11. The van der Waals surface area contributed by atoms with Crippen LogP contribution in [-0.4, -0.2) is 6.03 Å². The number of hydrogen-bond acceptors (Lipinski definition) is 2. The summed E-state index contributed by atoms with van der Waals surface area (Å²) in [5.41, 5.74) is 9.56. The molecule has 2 amide bonds. The van der Waals surface area contributed by atoms with Crippen LogP contribution in [0.5, 0.6) is 0 Å². The second-order valence-corrected chi connectivity index (χ2v) is 5.77. The Bertz CT molecular complexity index is 633. The Morgan fingerprint density at radius 3 is 2.14 bits per heavy atom. The molecule has 1 atom stereocenters. The van der Waals surface area contributed by atoms with Crippen LogP contribution in [0.2, 0.25) is 0 Å². The number of rotatable bonds is 4. The van der Waals surface area contributed by atoms with Gasteiger partial charge in [0.05, 0.1) is 0 Å². The average molecular weight is 297 g/mol. The van der Waals surface area contributed by atoms with E-state index in [0.29, 0.717) is 5.92 Å². The molecule has 0 aliphatic carbocycles. The molecule has 0 aliphatic rings. The van der Waals surface area contributed by atoms with Crippen LogP contribution in [0.25, 0.3) is 0 Å². The van der Waals surface area contributed by atoms with E-state index >= 15 is 0 Å². The van der Waals surface area contributed by atoms with Crippen molar-refractivity contribution in [2.75, 3.05) is 10.6 Å². The molecule has 4 N–H and O–H groups in total. The van der Waals surface area contributed by atoms with Gasteiger partial charge in [0.2, 0.25) is 0 Å². The summed E-state index contributed by atoms with van der Waals surface area (Å²) in [7, 11) is 0. The Labute approximate surface area is 131 Å². The molecule has 1 unspecified atom stereocenters. The SMILES string of the molecule is CC(C)c1cccc(NC(=O)Nc2ccc(C(C)N)cc2)c1. The fourth-order valence-electron chi connectivity index (χ4n) is 2.14. The van der Waals surface area contributed by atoms with Crippen LogP contribution in [-0.2, 0) is 0 Å². The van der Waals surface area contributed by atoms with Crippen LogP contribution < -0.4 is 16.4 Å². The first-order chi connectivity index (χ1) is 10.5. The van der Waals surface area contributed by atoms with Crippen molar-refractivity contribution in [2.24, 2.45) is 5.73 Å². The number of carbonyl (C=O) groups is 1. The van der Waals surface area contributed by atoms with Gasteiger partial charge in [0.25, 0.3) is 0 Å². The average Bonchev–Trinajstić information content (AvgIpc) is 2.47. The van der Waals surface area contributed by atoms with Gasteiger partial charge in [-0.3, -0.25) is 0 Å². The van der Waals surface area contributed by atoms with Gasteiger partial charge >= 0.3 is 6.03 Å². The fourth-order valence-corrected chi connectivity index (χ4v) is 2.14. The van der Waals surface area contributed by atoms with Crippen LogP contribution in [0.1, 0.15) is 43.9 Å². The molecule has 22 heavy (non-hydrogen) atoms. The van der Waals surface area contributed by atoms with Crippen molar-refractivity contribution in [3.63, 3.8) is 0 Å². The van der Waals surface area contributed by atoms with E-state index in [0.717, 1.165) is 16.9 Å². The van der Waals surface area contributed by atoms with Gasteiger partial charge in [-0.1, -0.05) is 38.1 Å². The number of benzene rings is 2. The summed E-state index contributed by atoms with van der Waals surface area (Å²) in [5, 5.41) is 5.66. The van der Waals surface area contributed by atoms with Crippen LogP contribution in [0.4, 0.5) is 16.2 Å². The minimum atomic E-state index is -0.255. The number of carbonyl (C=O) groups excluding carboxylic acids is 1. The predicted octanol–water partition coefficient (Wildman–Crippen LogP) is 4.47. The van der Waals surface area contributed by atoms with E-state index < -0.39 is 0 Å². The van der Waals surface area contributed by atoms with E-state index in [1.807, 2.05) is 49.4 Å². The van der Waals surface area contributed by atoms with Gasteiger partial charge in [-0.2, -0.15) is 0 Å². The molecular formula is C18H23N3O. The van der Waals surface area contributed by atoms with Crippen molar-refractivity contribution in [2.45, 2.75) is 32.7 Å². The molecule has 4 heteroatoms. The Hall–Kier alpha value is -2.33. The molecule has 0 bridgehead atoms. The maximum absolute atomic E-state index is 12.0. The molecule has 2 rings (SSSR count). The summed E-state index contributed by atoms with van der Waals surface area (Å²) in [5.74, 6) is 0.426. The zero-order valence-corrected chi connectivity index (χ0v) is 13.3. The molecule has 0 fully saturated rings. The fraction of sp³-hybridized carbons (Fsp3) is 0.278. The predicted molar refractivity (Wildman–Crippen MR) is 92.2 cm³/mol. The van der Waals surface area contributed by atoms with Gasteiger partial charge in [-0.15, -0.1) is 0 Å². The number of urea groups is 1. The lowest BCUT2D eigenvalue weighted by molar-refractivity contribution is 0.262. The topological polar surface area (TPSA) is 67.2 Å². The maximum atomic E-state index is 12.0. The van der Waals surface area contributed by atoms with Crippen molar-refractivity contribution in [3.8, 4) is 0 Å². The number of nitrogens with two attached hydrogens (primary N) is 1. The molecule has 2 aromatic carbocycles. The van der Waals surface area contributed by atoms with E-state index in [-0.39, 0.29) is 12.1 Å². The van der Waals surface area contributed by atoms with Gasteiger partial charge < -0.3 is 16.4 Å². The molecule has 0 heterocycles.